The number of Topliss-reactive ketones (excluding diaryl/α,β-unsaturated/α-hetero) is 1. The molecular formula is C10H12FNO. The minimum atomic E-state index is -0.276. The molecule has 0 unspecified atom stereocenters. The minimum absolute atomic E-state index is 0.0327. The molecule has 0 saturated heterocycles. The van der Waals surface area contributed by atoms with Crippen molar-refractivity contribution in [3.05, 3.63) is 35.1 Å². The number of halogens is 1. The van der Waals surface area contributed by atoms with Gasteiger partial charge in [-0.15, -0.1) is 0 Å². The molecule has 0 spiro atoms. The number of aryl methyl sites for hydroxylation is 1. The van der Waals surface area contributed by atoms with Crippen LogP contribution >= 0.6 is 0 Å². The molecule has 0 atom stereocenters. The van der Waals surface area contributed by atoms with Gasteiger partial charge in [-0.25, -0.2) is 4.39 Å². The highest BCUT2D eigenvalue weighted by Gasteiger charge is 2.04. The summed E-state index contributed by atoms with van der Waals surface area (Å²) in [6.45, 7) is 1.82. The van der Waals surface area contributed by atoms with E-state index in [9.17, 15) is 9.18 Å². The molecule has 13 heavy (non-hydrogen) atoms. The van der Waals surface area contributed by atoms with Gasteiger partial charge in [0.25, 0.3) is 0 Å². The fourth-order valence-corrected chi connectivity index (χ4v) is 1.14. The maximum atomic E-state index is 12.7. The lowest BCUT2D eigenvalue weighted by Crippen LogP contribution is -2.16. The first-order chi connectivity index (χ1) is 6.13. The molecule has 0 saturated carbocycles. The summed E-state index contributed by atoms with van der Waals surface area (Å²) in [6, 6.07) is 4.39. The Kier molecular flexibility index (Phi) is 3.14. The maximum Gasteiger partial charge on any atom is 0.150 e. The third kappa shape index (κ3) is 2.63. The Bertz CT molecular complexity index is 323. The topological polar surface area (TPSA) is 43.1 Å². The van der Waals surface area contributed by atoms with Crippen molar-refractivity contribution in [1.82, 2.24) is 0 Å². The van der Waals surface area contributed by atoms with Crippen molar-refractivity contribution in [2.45, 2.75) is 13.3 Å². The van der Waals surface area contributed by atoms with Crippen molar-refractivity contribution >= 4 is 5.78 Å². The van der Waals surface area contributed by atoms with Crippen LogP contribution in [0.3, 0.4) is 0 Å². The molecule has 0 heterocycles. The number of nitrogens with two attached hydrogens (primary N) is 1. The van der Waals surface area contributed by atoms with E-state index in [1.54, 1.807) is 13.0 Å². The summed E-state index contributed by atoms with van der Waals surface area (Å²) in [7, 11) is 0. The molecule has 1 rings (SSSR count). The van der Waals surface area contributed by atoms with Crippen molar-refractivity contribution in [2.75, 3.05) is 6.54 Å². The second-order valence-corrected chi connectivity index (χ2v) is 2.99. The molecule has 1 aromatic rings. The van der Waals surface area contributed by atoms with Gasteiger partial charge in [-0.1, -0.05) is 6.07 Å². The summed E-state index contributed by atoms with van der Waals surface area (Å²) in [6.07, 6.45) is 0.294. The van der Waals surface area contributed by atoms with Crippen molar-refractivity contribution in [3.8, 4) is 0 Å². The Balaban J connectivity index is 2.83. The molecule has 0 aromatic heterocycles. The van der Waals surface area contributed by atoms with E-state index in [2.05, 4.69) is 0 Å². The van der Waals surface area contributed by atoms with Gasteiger partial charge in [0.15, 0.2) is 5.78 Å². The van der Waals surface area contributed by atoms with Crippen molar-refractivity contribution in [3.63, 3.8) is 0 Å². The first kappa shape index (κ1) is 9.86. The summed E-state index contributed by atoms with van der Waals surface area (Å²) >= 11 is 0. The Labute approximate surface area is 76.6 Å². The Morgan fingerprint density at radius 3 is 2.77 bits per heavy atom. The second-order valence-electron chi connectivity index (χ2n) is 2.99. The molecule has 70 valence electrons. The zero-order valence-electron chi connectivity index (χ0n) is 7.51. The number of carbonyl (C=O) groups is 1. The average molecular weight is 181 g/mol. The van der Waals surface area contributed by atoms with Crippen LogP contribution in [-0.2, 0) is 11.2 Å². The van der Waals surface area contributed by atoms with Crippen LogP contribution in [0.1, 0.15) is 11.1 Å². The van der Waals surface area contributed by atoms with Gasteiger partial charge in [0.05, 0.1) is 6.54 Å². The predicted molar refractivity (Wildman–Crippen MR) is 48.9 cm³/mol. The Morgan fingerprint density at radius 1 is 1.54 bits per heavy atom. The van der Waals surface area contributed by atoms with E-state index in [1.165, 1.54) is 12.1 Å². The van der Waals surface area contributed by atoms with Crippen LogP contribution < -0.4 is 5.73 Å². The first-order valence-corrected chi connectivity index (χ1v) is 4.10. The SMILES string of the molecule is Cc1cc(F)ccc1CC(=O)CN. The number of hydrogen-bond acceptors (Lipinski definition) is 2. The van der Waals surface area contributed by atoms with E-state index in [1.807, 2.05) is 0 Å². The lowest BCUT2D eigenvalue weighted by atomic mass is 10.0. The third-order valence-corrected chi connectivity index (χ3v) is 1.92. The van der Waals surface area contributed by atoms with Crippen molar-refractivity contribution < 1.29 is 9.18 Å². The summed E-state index contributed by atoms with van der Waals surface area (Å²) in [5, 5.41) is 0. The van der Waals surface area contributed by atoms with Crippen LogP contribution in [0.4, 0.5) is 4.39 Å². The highest BCUT2D eigenvalue weighted by molar-refractivity contribution is 5.82. The van der Waals surface area contributed by atoms with Gasteiger partial charge in [0.1, 0.15) is 5.82 Å². The summed E-state index contributed by atoms with van der Waals surface area (Å²) in [4.78, 5) is 11.0. The van der Waals surface area contributed by atoms with E-state index in [0.29, 0.717) is 6.42 Å². The van der Waals surface area contributed by atoms with Crippen LogP contribution in [0.5, 0.6) is 0 Å². The number of ketones is 1. The van der Waals surface area contributed by atoms with Crippen LogP contribution in [0.25, 0.3) is 0 Å². The van der Waals surface area contributed by atoms with Gasteiger partial charge < -0.3 is 5.73 Å². The minimum Gasteiger partial charge on any atom is -0.324 e. The van der Waals surface area contributed by atoms with Gasteiger partial charge in [-0.2, -0.15) is 0 Å². The van der Waals surface area contributed by atoms with Gasteiger partial charge in [-0.3, -0.25) is 4.79 Å². The fraction of sp³-hybridized carbons (Fsp3) is 0.300. The molecule has 0 radical (unpaired) electrons. The zero-order valence-corrected chi connectivity index (χ0v) is 7.51. The highest BCUT2D eigenvalue weighted by atomic mass is 19.1. The lowest BCUT2D eigenvalue weighted by molar-refractivity contribution is -0.117. The zero-order chi connectivity index (χ0) is 9.84. The Hall–Kier alpha value is -1.22. The van der Waals surface area contributed by atoms with E-state index >= 15 is 0 Å². The monoisotopic (exact) mass is 181 g/mol. The molecule has 2 N–H and O–H groups in total. The molecule has 1 aromatic carbocycles. The van der Waals surface area contributed by atoms with Gasteiger partial charge in [0, 0.05) is 6.42 Å². The summed E-state index contributed by atoms with van der Waals surface area (Å²) in [5.41, 5.74) is 6.81. The van der Waals surface area contributed by atoms with Crippen LogP contribution in [0.15, 0.2) is 18.2 Å². The standard InChI is InChI=1S/C10H12FNO/c1-7-4-9(11)3-2-8(7)5-10(13)6-12/h2-4H,5-6,12H2,1H3. The molecule has 0 fully saturated rings. The van der Waals surface area contributed by atoms with E-state index in [4.69, 9.17) is 5.73 Å². The van der Waals surface area contributed by atoms with Crippen LogP contribution in [0.2, 0.25) is 0 Å². The highest BCUT2D eigenvalue weighted by Crippen LogP contribution is 2.10. The number of benzene rings is 1. The molecular weight excluding hydrogens is 169 g/mol. The second kappa shape index (κ2) is 4.14. The smallest absolute Gasteiger partial charge is 0.150 e. The van der Waals surface area contributed by atoms with E-state index in [-0.39, 0.29) is 18.1 Å². The lowest BCUT2D eigenvalue weighted by Gasteiger charge is -2.03. The van der Waals surface area contributed by atoms with E-state index in [0.717, 1.165) is 11.1 Å². The van der Waals surface area contributed by atoms with E-state index < -0.39 is 0 Å². The first-order valence-electron chi connectivity index (χ1n) is 4.10. The average Bonchev–Trinajstić information content (AvgIpc) is 2.09. The number of hydrogen-bond donors (Lipinski definition) is 1. The predicted octanol–water partition coefficient (Wildman–Crippen LogP) is 1.20. The van der Waals surface area contributed by atoms with Gasteiger partial charge in [-0.05, 0) is 30.2 Å². The van der Waals surface area contributed by atoms with Crippen LogP contribution in [0, 0.1) is 12.7 Å². The quantitative estimate of drug-likeness (QED) is 0.761. The molecule has 0 aliphatic carbocycles. The van der Waals surface area contributed by atoms with Crippen molar-refractivity contribution in [1.29, 1.82) is 0 Å². The third-order valence-electron chi connectivity index (χ3n) is 1.92. The Morgan fingerprint density at radius 2 is 2.23 bits per heavy atom. The summed E-state index contributed by atoms with van der Waals surface area (Å²) in [5.74, 6) is -0.309. The molecule has 3 heteroatoms. The van der Waals surface area contributed by atoms with Gasteiger partial charge >= 0.3 is 0 Å². The largest absolute Gasteiger partial charge is 0.324 e. The fourth-order valence-electron chi connectivity index (χ4n) is 1.14. The molecule has 2 nitrogen and oxygen atoms in total. The van der Waals surface area contributed by atoms with Crippen molar-refractivity contribution in [2.24, 2.45) is 5.73 Å². The molecule has 0 aliphatic heterocycles. The van der Waals surface area contributed by atoms with Crippen LogP contribution in [-0.4, -0.2) is 12.3 Å². The normalized spacial score (nSPS) is 10.1. The summed E-state index contributed by atoms with van der Waals surface area (Å²) < 4.78 is 12.7. The maximum absolute atomic E-state index is 12.7. The molecule has 0 aliphatic rings. The van der Waals surface area contributed by atoms with Gasteiger partial charge in [0.2, 0.25) is 0 Å². The number of rotatable bonds is 3. The number of carbonyl (C=O) groups excluding carboxylic acids is 1. The molecule has 0 amide bonds. The molecule has 0 bridgehead atoms.